The first-order chi connectivity index (χ1) is 16.9. The Morgan fingerprint density at radius 3 is 2.20 bits per heavy atom. The third kappa shape index (κ3) is 4.52. The average molecular weight is 471 g/mol. The van der Waals surface area contributed by atoms with Gasteiger partial charge in [0.15, 0.2) is 0 Å². The van der Waals surface area contributed by atoms with Crippen molar-refractivity contribution in [3.05, 3.63) is 95.1 Å². The number of Topliss-reactive ketones (excluding diaryl/α,β-unsaturated/α-hetero) is 1. The predicted octanol–water partition coefficient (Wildman–Crippen LogP) is 5.48. The van der Waals surface area contributed by atoms with Gasteiger partial charge in [-0.2, -0.15) is 0 Å². The largest absolute Gasteiger partial charge is 0.507 e. The van der Waals surface area contributed by atoms with E-state index in [0.717, 1.165) is 29.9 Å². The summed E-state index contributed by atoms with van der Waals surface area (Å²) in [6, 6.07) is 21.3. The number of aliphatic hydroxyl groups is 1. The number of benzene rings is 3. The first-order valence-corrected chi connectivity index (χ1v) is 11.8. The van der Waals surface area contributed by atoms with Crippen molar-refractivity contribution >= 4 is 28.8 Å². The number of rotatable bonds is 7. The van der Waals surface area contributed by atoms with Crippen molar-refractivity contribution in [3.63, 3.8) is 0 Å². The number of ketones is 1. The summed E-state index contributed by atoms with van der Waals surface area (Å²) >= 11 is 0. The zero-order chi connectivity index (χ0) is 25.1. The molecule has 1 amide bonds. The molecule has 0 bridgehead atoms. The Morgan fingerprint density at radius 2 is 1.63 bits per heavy atom. The third-order valence-corrected chi connectivity index (χ3v) is 6.42. The lowest BCUT2D eigenvalue weighted by Crippen LogP contribution is -2.29. The lowest BCUT2D eigenvalue weighted by Gasteiger charge is -2.27. The molecule has 35 heavy (non-hydrogen) atoms. The fourth-order valence-electron chi connectivity index (χ4n) is 4.57. The number of aliphatic hydroxyl groups excluding tert-OH is 1. The van der Waals surface area contributed by atoms with Crippen LogP contribution in [0.25, 0.3) is 5.76 Å². The van der Waals surface area contributed by atoms with Crippen molar-refractivity contribution in [2.75, 3.05) is 30.0 Å². The van der Waals surface area contributed by atoms with Gasteiger partial charge in [0.05, 0.1) is 18.7 Å². The highest BCUT2D eigenvalue weighted by Crippen LogP contribution is 2.42. The van der Waals surface area contributed by atoms with Crippen LogP contribution in [0.2, 0.25) is 0 Å². The van der Waals surface area contributed by atoms with E-state index in [4.69, 9.17) is 4.74 Å². The lowest BCUT2D eigenvalue weighted by atomic mass is 9.94. The minimum absolute atomic E-state index is 0.0681. The molecule has 3 aromatic rings. The molecule has 0 aliphatic carbocycles. The number of aryl methyl sites for hydroxylation is 1. The van der Waals surface area contributed by atoms with Crippen LogP contribution in [0, 0.1) is 6.92 Å². The Bertz CT molecular complexity index is 1260. The fraction of sp³-hybridized carbons (Fsp3) is 0.241. The second-order valence-corrected chi connectivity index (χ2v) is 8.50. The molecule has 1 unspecified atom stereocenters. The van der Waals surface area contributed by atoms with E-state index in [-0.39, 0.29) is 11.3 Å². The van der Waals surface area contributed by atoms with Gasteiger partial charge in [0.1, 0.15) is 11.5 Å². The average Bonchev–Trinajstić information content (AvgIpc) is 3.15. The molecular weight excluding hydrogens is 440 g/mol. The molecular formula is C29H30N2O4. The minimum atomic E-state index is -0.753. The van der Waals surface area contributed by atoms with Crippen LogP contribution in [0.4, 0.5) is 11.4 Å². The summed E-state index contributed by atoms with van der Waals surface area (Å²) in [5.41, 5.74) is 3.90. The van der Waals surface area contributed by atoms with Crippen LogP contribution in [0.3, 0.4) is 0 Å². The van der Waals surface area contributed by atoms with E-state index in [9.17, 15) is 14.7 Å². The van der Waals surface area contributed by atoms with Crippen molar-refractivity contribution in [3.8, 4) is 5.75 Å². The van der Waals surface area contributed by atoms with Crippen molar-refractivity contribution in [1.82, 2.24) is 0 Å². The maximum atomic E-state index is 13.4. The first kappa shape index (κ1) is 24.1. The molecule has 6 nitrogen and oxygen atoms in total. The Hall–Kier alpha value is -4.06. The first-order valence-electron chi connectivity index (χ1n) is 11.8. The SMILES string of the molecule is CCN(CC)c1ccc(N2C(=O)C(=O)/C(=C(\O)c3ccc(OC)cc3)C2c2cccc(C)c2)cc1. The maximum absolute atomic E-state index is 13.4. The second kappa shape index (κ2) is 10.1. The van der Waals surface area contributed by atoms with E-state index in [0.29, 0.717) is 17.0 Å². The molecule has 1 saturated heterocycles. The maximum Gasteiger partial charge on any atom is 0.300 e. The van der Waals surface area contributed by atoms with Crippen LogP contribution in [0.15, 0.2) is 78.4 Å². The molecule has 1 atom stereocenters. The number of nitrogens with zero attached hydrogens (tertiary/aromatic N) is 2. The smallest absolute Gasteiger partial charge is 0.300 e. The van der Waals surface area contributed by atoms with Crippen LogP contribution in [0.5, 0.6) is 5.75 Å². The van der Waals surface area contributed by atoms with Gasteiger partial charge in [-0.05, 0) is 74.9 Å². The number of anilines is 2. The standard InChI is InChI=1S/C29H30N2O4/c1-5-30(6-2)22-12-14-23(15-13-22)31-26(21-9-7-8-19(3)18-21)25(28(33)29(31)34)27(32)20-10-16-24(35-4)17-11-20/h7-18,26,32H,5-6H2,1-4H3/b27-25-. The molecule has 1 heterocycles. The van der Waals surface area contributed by atoms with Crippen molar-refractivity contribution in [2.24, 2.45) is 0 Å². The number of hydrogen-bond acceptors (Lipinski definition) is 5. The van der Waals surface area contributed by atoms with E-state index in [1.54, 1.807) is 31.4 Å². The van der Waals surface area contributed by atoms with Gasteiger partial charge in [-0.3, -0.25) is 14.5 Å². The summed E-state index contributed by atoms with van der Waals surface area (Å²) in [6.45, 7) is 7.87. The van der Waals surface area contributed by atoms with Gasteiger partial charge in [-0.15, -0.1) is 0 Å². The van der Waals surface area contributed by atoms with Crippen LogP contribution in [-0.4, -0.2) is 37.0 Å². The van der Waals surface area contributed by atoms with Crippen molar-refractivity contribution < 1.29 is 19.4 Å². The van der Waals surface area contributed by atoms with Crippen LogP contribution < -0.4 is 14.5 Å². The molecule has 0 spiro atoms. The predicted molar refractivity (Wildman–Crippen MR) is 139 cm³/mol. The Balaban J connectivity index is 1.86. The van der Waals surface area contributed by atoms with E-state index >= 15 is 0 Å². The Labute approximate surface area is 206 Å². The lowest BCUT2D eigenvalue weighted by molar-refractivity contribution is -0.132. The number of ether oxygens (including phenoxy) is 1. The summed E-state index contributed by atoms with van der Waals surface area (Å²) in [7, 11) is 1.56. The monoisotopic (exact) mass is 470 g/mol. The zero-order valence-electron chi connectivity index (χ0n) is 20.5. The second-order valence-electron chi connectivity index (χ2n) is 8.50. The fourth-order valence-corrected chi connectivity index (χ4v) is 4.57. The molecule has 4 rings (SSSR count). The van der Waals surface area contributed by atoms with Gasteiger partial charge in [0.25, 0.3) is 11.7 Å². The highest BCUT2D eigenvalue weighted by molar-refractivity contribution is 6.51. The highest BCUT2D eigenvalue weighted by Gasteiger charge is 2.47. The van der Waals surface area contributed by atoms with Gasteiger partial charge < -0.3 is 14.7 Å². The summed E-state index contributed by atoms with van der Waals surface area (Å²) in [5.74, 6) is -0.954. The quantitative estimate of drug-likeness (QED) is 0.281. The van der Waals surface area contributed by atoms with Gasteiger partial charge in [0.2, 0.25) is 0 Å². The number of carbonyl (C=O) groups excluding carboxylic acids is 2. The van der Waals surface area contributed by atoms with Crippen LogP contribution >= 0.6 is 0 Å². The summed E-state index contributed by atoms with van der Waals surface area (Å²) in [5, 5.41) is 11.3. The molecule has 1 N–H and O–H groups in total. The van der Waals surface area contributed by atoms with Gasteiger partial charge in [-0.1, -0.05) is 29.8 Å². The number of amides is 1. The summed E-state index contributed by atoms with van der Waals surface area (Å²) < 4.78 is 5.20. The van der Waals surface area contributed by atoms with E-state index in [1.165, 1.54) is 4.90 Å². The minimum Gasteiger partial charge on any atom is -0.507 e. The molecule has 3 aromatic carbocycles. The normalized spacial score (nSPS) is 17.0. The third-order valence-electron chi connectivity index (χ3n) is 6.42. The number of carbonyl (C=O) groups is 2. The van der Waals surface area contributed by atoms with Crippen LogP contribution in [-0.2, 0) is 9.59 Å². The molecule has 180 valence electrons. The van der Waals surface area contributed by atoms with Crippen molar-refractivity contribution in [1.29, 1.82) is 0 Å². The van der Waals surface area contributed by atoms with Crippen molar-refractivity contribution in [2.45, 2.75) is 26.8 Å². The Kier molecular flexibility index (Phi) is 6.92. The Morgan fingerprint density at radius 1 is 0.971 bits per heavy atom. The molecule has 6 heteroatoms. The number of methoxy groups -OCH3 is 1. The molecule has 1 aliphatic heterocycles. The molecule has 0 aromatic heterocycles. The van der Waals surface area contributed by atoms with Gasteiger partial charge in [-0.25, -0.2) is 0 Å². The highest BCUT2D eigenvalue weighted by atomic mass is 16.5. The molecule has 0 saturated carbocycles. The molecule has 0 radical (unpaired) electrons. The van der Waals surface area contributed by atoms with Gasteiger partial charge >= 0.3 is 0 Å². The molecule has 1 aliphatic rings. The summed E-state index contributed by atoms with van der Waals surface area (Å²) in [6.07, 6.45) is 0. The molecule has 1 fully saturated rings. The van der Waals surface area contributed by atoms with E-state index in [1.807, 2.05) is 55.5 Å². The topological polar surface area (TPSA) is 70.1 Å². The van der Waals surface area contributed by atoms with Gasteiger partial charge in [0, 0.05) is 30.0 Å². The summed E-state index contributed by atoms with van der Waals surface area (Å²) in [4.78, 5) is 30.4. The van der Waals surface area contributed by atoms with E-state index in [2.05, 4.69) is 18.7 Å². The number of hydrogen-bond donors (Lipinski definition) is 1. The van der Waals surface area contributed by atoms with E-state index < -0.39 is 17.7 Å². The van der Waals surface area contributed by atoms with Crippen LogP contribution in [0.1, 0.15) is 36.6 Å². The zero-order valence-corrected chi connectivity index (χ0v) is 20.5.